The topological polar surface area (TPSA) is 49.7 Å². The van der Waals surface area contributed by atoms with Crippen LogP contribution in [0.4, 0.5) is 0 Å². The van der Waals surface area contributed by atoms with E-state index in [0.717, 1.165) is 54.7 Å². The zero-order valence-electron chi connectivity index (χ0n) is 24.9. The molecule has 2 aromatic carbocycles. The summed E-state index contributed by atoms with van der Waals surface area (Å²) in [5, 5.41) is 0.0520. The smallest absolute Gasteiger partial charge is 0.192 e. The van der Waals surface area contributed by atoms with Crippen LogP contribution in [-0.2, 0) is 23.8 Å². The van der Waals surface area contributed by atoms with Gasteiger partial charge in [0.05, 0.1) is 20.3 Å². The van der Waals surface area contributed by atoms with Crippen LogP contribution in [0.3, 0.4) is 0 Å². The van der Waals surface area contributed by atoms with E-state index in [9.17, 15) is 4.79 Å². The van der Waals surface area contributed by atoms with Crippen molar-refractivity contribution in [2.75, 3.05) is 14.2 Å². The summed E-state index contributed by atoms with van der Waals surface area (Å²) in [7, 11) is 1.26. The summed E-state index contributed by atoms with van der Waals surface area (Å²) in [5.74, 6) is 2.34. The number of aldehydes is 1. The maximum atomic E-state index is 11.5. The number of carbonyl (C=O) groups excluding carboxylic acids is 1. The molecule has 0 spiro atoms. The summed E-state index contributed by atoms with van der Waals surface area (Å²) in [6.07, 6.45) is 7.92. The van der Waals surface area contributed by atoms with Crippen LogP contribution < -0.4 is 9.47 Å². The van der Waals surface area contributed by atoms with Gasteiger partial charge in [0.15, 0.2) is 14.6 Å². The second-order valence-corrected chi connectivity index (χ2v) is 17.4. The van der Waals surface area contributed by atoms with Gasteiger partial charge in [-0.05, 0) is 85.1 Å². The van der Waals surface area contributed by atoms with Crippen molar-refractivity contribution in [2.45, 2.75) is 77.7 Å². The molecule has 0 unspecified atom stereocenters. The van der Waals surface area contributed by atoms with Crippen molar-refractivity contribution < 1.29 is 18.7 Å². The number of methoxy groups -OCH3 is 2. The molecule has 0 fully saturated rings. The number of carbonyl (C=O) groups is 1. The van der Waals surface area contributed by atoms with Gasteiger partial charge in [-0.3, -0.25) is 4.79 Å². The number of aromatic nitrogens is 1. The fourth-order valence-electron chi connectivity index (χ4n) is 5.65. The third-order valence-electron chi connectivity index (χ3n) is 8.89. The Balaban J connectivity index is 1.79. The molecule has 210 valence electrons. The lowest BCUT2D eigenvalue weighted by Gasteiger charge is -2.42. The van der Waals surface area contributed by atoms with Gasteiger partial charge < -0.3 is 18.5 Å². The zero-order chi connectivity index (χ0) is 28.4. The van der Waals surface area contributed by atoms with Crippen LogP contribution in [0, 0.1) is 18.8 Å². The molecule has 0 saturated heterocycles. The molecule has 3 aromatic rings. The fraction of sp³-hybridized carbons (Fsp3) is 0.485. The lowest BCUT2D eigenvalue weighted by molar-refractivity contribution is 0.0904. The van der Waals surface area contributed by atoms with Gasteiger partial charge in [-0.25, -0.2) is 0 Å². The van der Waals surface area contributed by atoms with Gasteiger partial charge in [-0.15, -0.1) is 0 Å². The number of hydrogen-bond acceptors (Lipinski definition) is 4. The highest BCUT2D eigenvalue weighted by Gasteiger charge is 2.42. The van der Waals surface area contributed by atoms with Crippen LogP contribution in [0.25, 0.3) is 0 Å². The molecule has 0 amide bonds. The van der Waals surface area contributed by atoms with Crippen LogP contribution in [0.15, 0.2) is 54.9 Å². The Morgan fingerprint density at radius 1 is 1.03 bits per heavy atom. The molecule has 0 saturated carbocycles. The summed E-state index contributed by atoms with van der Waals surface area (Å²) in [6, 6.07) is 15.0. The highest BCUT2D eigenvalue weighted by atomic mass is 28.4. The van der Waals surface area contributed by atoms with Gasteiger partial charge in [0.2, 0.25) is 0 Å². The van der Waals surface area contributed by atoms with E-state index in [2.05, 4.69) is 74.8 Å². The molecule has 4 rings (SSSR count). The first-order valence-corrected chi connectivity index (χ1v) is 16.9. The van der Waals surface area contributed by atoms with Crippen LogP contribution in [0.2, 0.25) is 18.1 Å². The molecule has 6 heteroatoms. The molecule has 2 atom stereocenters. The second-order valence-electron chi connectivity index (χ2n) is 12.6. The lowest BCUT2D eigenvalue weighted by Crippen LogP contribution is -2.43. The maximum absolute atomic E-state index is 11.5. The molecule has 0 bridgehead atoms. The van der Waals surface area contributed by atoms with Crippen molar-refractivity contribution in [3.05, 3.63) is 82.7 Å². The van der Waals surface area contributed by atoms with Crippen LogP contribution in [0.5, 0.6) is 11.5 Å². The molecule has 1 heterocycles. The van der Waals surface area contributed by atoms with Gasteiger partial charge in [-0.1, -0.05) is 45.0 Å². The van der Waals surface area contributed by atoms with E-state index in [-0.39, 0.29) is 17.1 Å². The Morgan fingerprint density at radius 3 is 2.10 bits per heavy atom. The van der Waals surface area contributed by atoms with E-state index in [1.54, 1.807) is 14.2 Å². The minimum absolute atomic E-state index is 0.0520. The van der Waals surface area contributed by atoms with Gasteiger partial charge >= 0.3 is 0 Å². The number of nitrogens with zero attached hydrogens (tertiary/aromatic N) is 1. The molecule has 5 nitrogen and oxygen atoms in total. The van der Waals surface area contributed by atoms with Crippen LogP contribution in [-0.4, -0.2) is 33.4 Å². The van der Waals surface area contributed by atoms with Crippen LogP contribution >= 0.6 is 0 Å². The van der Waals surface area contributed by atoms with Gasteiger partial charge in [-0.2, -0.15) is 0 Å². The zero-order valence-corrected chi connectivity index (χ0v) is 25.9. The lowest BCUT2D eigenvalue weighted by atomic mass is 9.85. The van der Waals surface area contributed by atoms with Gasteiger partial charge in [0, 0.05) is 36.0 Å². The van der Waals surface area contributed by atoms with E-state index in [0.29, 0.717) is 11.5 Å². The van der Waals surface area contributed by atoms with E-state index in [4.69, 9.17) is 13.9 Å². The summed E-state index contributed by atoms with van der Waals surface area (Å²) in [5.41, 5.74) is 5.70. The largest absolute Gasteiger partial charge is 0.496 e. The number of hydrogen-bond donors (Lipinski definition) is 0. The van der Waals surface area contributed by atoms with Crippen molar-refractivity contribution in [3.8, 4) is 11.5 Å². The Bertz CT molecular complexity index is 1240. The Hall–Kier alpha value is -2.83. The molecule has 0 N–H and O–H groups in total. The Morgan fingerprint density at radius 2 is 1.62 bits per heavy atom. The molecule has 1 aliphatic rings. The third kappa shape index (κ3) is 6.50. The molecule has 1 aliphatic carbocycles. The molecule has 0 aliphatic heterocycles. The molecular weight excluding hydrogens is 502 g/mol. The molecule has 1 aromatic heterocycles. The van der Waals surface area contributed by atoms with Gasteiger partial charge in [0.1, 0.15) is 11.5 Å². The third-order valence-corrected chi connectivity index (χ3v) is 13.3. The summed E-state index contributed by atoms with van der Waals surface area (Å²) in [4.78, 5) is 11.5. The fourth-order valence-corrected chi connectivity index (χ4v) is 6.97. The quantitative estimate of drug-likeness (QED) is 0.181. The number of benzene rings is 2. The standard InChI is InChI=1S/C33H45NO4Si/c1-23-30(36-5)18-28(19-31(23)37-6)32(38-39(7,8)33(2,3)4)29(21-34-14-13-24(20-34)22-35)17-25-15-26-11-9-10-12-27(26)16-25/h9-14,18-20,22,25,29,32H,15-17,21H2,1-8H3/t29-,32-/m1/s1. The SMILES string of the molecule is COc1cc([C@@H](O[Si](C)(C)C(C)(C)C)[C@H](CC2Cc3ccccc3C2)Cn2ccc(C=O)c2)cc(OC)c1C. The van der Waals surface area contributed by atoms with E-state index in [1.165, 1.54) is 11.1 Å². The number of ether oxygens (including phenoxy) is 2. The first kappa shape index (κ1) is 29.2. The summed E-state index contributed by atoms with van der Waals surface area (Å²) in [6.45, 7) is 14.3. The Labute approximate surface area is 235 Å². The van der Waals surface area contributed by atoms with E-state index >= 15 is 0 Å². The normalized spacial score (nSPS) is 15.6. The van der Waals surface area contributed by atoms with E-state index < -0.39 is 8.32 Å². The van der Waals surface area contributed by atoms with Crippen molar-refractivity contribution in [1.29, 1.82) is 0 Å². The Kier molecular flexibility index (Phi) is 8.77. The molecule has 39 heavy (non-hydrogen) atoms. The summed E-state index contributed by atoms with van der Waals surface area (Å²) < 4.78 is 21.1. The average Bonchev–Trinajstić information content (AvgIpc) is 3.52. The van der Waals surface area contributed by atoms with Crippen molar-refractivity contribution in [1.82, 2.24) is 4.57 Å². The van der Waals surface area contributed by atoms with Gasteiger partial charge in [0.25, 0.3) is 0 Å². The minimum Gasteiger partial charge on any atom is -0.496 e. The highest BCUT2D eigenvalue weighted by Crippen LogP contribution is 2.46. The van der Waals surface area contributed by atoms with Crippen molar-refractivity contribution in [3.63, 3.8) is 0 Å². The molecular formula is C33H45NO4Si. The number of fused-ring (bicyclic) bond motifs is 1. The first-order valence-electron chi connectivity index (χ1n) is 14.0. The first-order chi connectivity index (χ1) is 18.5. The van der Waals surface area contributed by atoms with Crippen molar-refractivity contribution >= 4 is 14.6 Å². The second kappa shape index (κ2) is 11.7. The van der Waals surface area contributed by atoms with E-state index in [1.807, 2.05) is 25.4 Å². The minimum atomic E-state index is -2.17. The highest BCUT2D eigenvalue weighted by molar-refractivity contribution is 6.74. The predicted molar refractivity (Wildman–Crippen MR) is 161 cm³/mol. The van der Waals surface area contributed by atoms with Crippen molar-refractivity contribution in [2.24, 2.45) is 11.8 Å². The average molecular weight is 548 g/mol. The van der Waals surface area contributed by atoms with Crippen LogP contribution in [0.1, 0.15) is 65.9 Å². The monoisotopic (exact) mass is 547 g/mol. The predicted octanol–water partition coefficient (Wildman–Crippen LogP) is 7.81. The number of rotatable bonds is 11. The molecule has 0 radical (unpaired) electrons. The maximum Gasteiger partial charge on any atom is 0.192 e. The summed E-state index contributed by atoms with van der Waals surface area (Å²) >= 11 is 0.